The van der Waals surface area contributed by atoms with Crippen LogP contribution in [0.1, 0.15) is 44.4 Å². The molecule has 0 aliphatic carbocycles. The number of ether oxygens (including phenoxy) is 1. The molecule has 2 heteroatoms. The highest BCUT2D eigenvalue weighted by Gasteiger charge is 2.26. The van der Waals surface area contributed by atoms with Gasteiger partial charge in [-0.3, -0.25) is 0 Å². The third-order valence-electron chi connectivity index (χ3n) is 2.99. The highest BCUT2D eigenvalue weighted by Crippen LogP contribution is 2.34. The average Bonchev–Trinajstić information content (AvgIpc) is 2.15. The first-order valence-electron chi connectivity index (χ1n) is 5.55. The van der Waals surface area contributed by atoms with Crippen LogP contribution >= 0.6 is 0 Å². The second-order valence-electron chi connectivity index (χ2n) is 5.02. The van der Waals surface area contributed by atoms with Gasteiger partial charge in [0.2, 0.25) is 0 Å². The van der Waals surface area contributed by atoms with Gasteiger partial charge in [0.15, 0.2) is 0 Å². The van der Waals surface area contributed by atoms with Crippen molar-refractivity contribution in [1.29, 1.82) is 0 Å². The van der Waals surface area contributed by atoms with Crippen molar-refractivity contribution in [2.75, 3.05) is 0 Å². The molecule has 0 unspecified atom stereocenters. The minimum Gasteiger partial charge on any atom is -0.488 e. The van der Waals surface area contributed by atoms with Crippen molar-refractivity contribution in [2.45, 2.75) is 45.3 Å². The highest BCUT2D eigenvalue weighted by molar-refractivity contribution is 5.40. The Morgan fingerprint density at radius 3 is 2.80 bits per heavy atom. The summed E-state index contributed by atoms with van der Waals surface area (Å²) in [6.45, 7) is 6.28. The fraction of sp³-hybridized carbons (Fsp3) is 0.538. The van der Waals surface area contributed by atoms with Crippen molar-refractivity contribution in [3.63, 3.8) is 0 Å². The Labute approximate surface area is 91.4 Å². The first kappa shape index (κ1) is 10.5. The topological polar surface area (TPSA) is 35.2 Å². The van der Waals surface area contributed by atoms with Crippen molar-refractivity contribution in [2.24, 2.45) is 5.73 Å². The number of nitrogens with two attached hydrogens (primary N) is 1. The molecule has 2 N–H and O–H groups in total. The summed E-state index contributed by atoms with van der Waals surface area (Å²) in [6.07, 6.45) is 2.16. The van der Waals surface area contributed by atoms with E-state index < -0.39 is 0 Å². The Balaban J connectivity index is 2.32. The van der Waals surface area contributed by atoms with E-state index in [0.717, 1.165) is 18.6 Å². The zero-order chi connectivity index (χ0) is 11.1. The Morgan fingerprint density at radius 2 is 2.13 bits per heavy atom. The van der Waals surface area contributed by atoms with E-state index in [9.17, 15) is 0 Å². The maximum absolute atomic E-state index is 5.91. The van der Waals surface area contributed by atoms with Gasteiger partial charge in [0.1, 0.15) is 11.4 Å². The quantitative estimate of drug-likeness (QED) is 0.765. The van der Waals surface area contributed by atoms with Crippen LogP contribution in [-0.4, -0.2) is 5.60 Å². The second kappa shape index (κ2) is 3.53. The van der Waals surface area contributed by atoms with E-state index >= 15 is 0 Å². The van der Waals surface area contributed by atoms with Crippen LogP contribution in [0.2, 0.25) is 0 Å². The first-order chi connectivity index (χ1) is 6.98. The van der Waals surface area contributed by atoms with E-state index in [-0.39, 0.29) is 11.6 Å². The molecule has 2 rings (SSSR count). The molecule has 0 amide bonds. The molecule has 15 heavy (non-hydrogen) atoms. The molecule has 0 saturated heterocycles. The van der Waals surface area contributed by atoms with Crippen LogP contribution in [0.4, 0.5) is 0 Å². The molecule has 0 fully saturated rings. The smallest absolute Gasteiger partial charge is 0.123 e. The van der Waals surface area contributed by atoms with Crippen LogP contribution in [0.15, 0.2) is 18.2 Å². The molecule has 1 heterocycles. The third kappa shape index (κ3) is 2.15. The normalized spacial score (nSPS) is 20.3. The molecule has 1 atom stereocenters. The lowest BCUT2D eigenvalue weighted by molar-refractivity contribution is 0.0846. The number of rotatable bonds is 1. The third-order valence-corrected chi connectivity index (χ3v) is 2.99. The Morgan fingerprint density at radius 1 is 1.40 bits per heavy atom. The Hall–Kier alpha value is -1.02. The number of fused-ring (bicyclic) bond motifs is 1. The summed E-state index contributed by atoms with van der Waals surface area (Å²) in [5.74, 6) is 1.02. The van der Waals surface area contributed by atoms with Crippen LogP contribution in [-0.2, 0) is 6.42 Å². The van der Waals surface area contributed by atoms with Gasteiger partial charge in [-0.25, -0.2) is 0 Å². The van der Waals surface area contributed by atoms with Crippen LogP contribution < -0.4 is 10.5 Å². The minimum absolute atomic E-state index is 0.0250. The summed E-state index contributed by atoms with van der Waals surface area (Å²) >= 11 is 0. The fourth-order valence-corrected chi connectivity index (χ4v) is 1.96. The molecule has 1 aromatic carbocycles. The summed E-state index contributed by atoms with van der Waals surface area (Å²) in [6, 6.07) is 6.39. The van der Waals surface area contributed by atoms with Gasteiger partial charge in [0, 0.05) is 6.04 Å². The molecule has 2 nitrogen and oxygen atoms in total. The van der Waals surface area contributed by atoms with Gasteiger partial charge in [-0.05, 0) is 50.8 Å². The lowest BCUT2D eigenvalue weighted by Gasteiger charge is -2.32. The van der Waals surface area contributed by atoms with Crippen LogP contribution in [0, 0.1) is 0 Å². The molecule has 0 aromatic heterocycles. The van der Waals surface area contributed by atoms with E-state index in [1.807, 2.05) is 6.92 Å². The second-order valence-corrected chi connectivity index (χ2v) is 5.02. The van der Waals surface area contributed by atoms with Gasteiger partial charge in [-0.1, -0.05) is 12.1 Å². The Bertz CT molecular complexity index is 369. The maximum Gasteiger partial charge on any atom is 0.123 e. The van der Waals surface area contributed by atoms with Crippen LogP contribution in [0.25, 0.3) is 0 Å². The van der Waals surface area contributed by atoms with E-state index in [1.54, 1.807) is 0 Å². The Kier molecular flexibility index (Phi) is 2.47. The number of hydrogen-bond acceptors (Lipinski definition) is 2. The molecule has 0 bridgehead atoms. The summed E-state index contributed by atoms with van der Waals surface area (Å²) in [5.41, 5.74) is 8.32. The van der Waals surface area contributed by atoms with E-state index in [4.69, 9.17) is 10.5 Å². The van der Waals surface area contributed by atoms with Crippen molar-refractivity contribution in [1.82, 2.24) is 0 Å². The lowest BCUT2D eigenvalue weighted by Crippen LogP contribution is -2.32. The van der Waals surface area contributed by atoms with Gasteiger partial charge < -0.3 is 10.5 Å². The fourth-order valence-electron chi connectivity index (χ4n) is 1.96. The molecule has 0 spiro atoms. The van der Waals surface area contributed by atoms with E-state index in [1.165, 1.54) is 11.1 Å². The van der Waals surface area contributed by atoms with Gasteiger partial charge >= 0.3 is 0 Å². The number of hydrogen-bond donors (Lipinski definition) is 1. The van der Waals surface area contributed by atoms with Gasteiger partial charge in [0.25, 0.3) is 0 Å². The van der Waals surface area contributed by atoms with Gasteiger partial charge in [0.05, 0.1) is 0 Å². The van der Waals surface area contributed by atoms with Crippen LogP contribution in [0.3, 0.4) is 0 Å². The first-order valence-corrected chi connectivity index (χ1v) is 5.55. The molecule has 0 radical (unpaired) electrons. The van der Waals surface area contributed by atoms with Crippen molar-refractivity contribution >= 4 is 0 Å². The average molecular weight is 205 g/mol. The minimum atomic E-state index is -0.0250. The number of aryl methyl sites for hydroxylation is 1. The molecule has 1 aromatic rings. The van der Waals surface area contributed by atoms with E-state index in [2.05, 4.69) is 32.0 Å². The lowest BCUT2D eigenvalue weighted by atomic mass is 9.92. The molecular formula is C13H19NO. The maximum atomic E-state index is 5.91. The van der Waals surface area contributed by atoms with E-state index in [0.29, 0.717) is 0 Å². The molecule has 1 aliphatic rings. The van der Waals surface area contributed by atoms with Crippen molar-refractivity contribution < 1.29 is 4.74 Å². The SMILES string of the molecule is C[C@H](N)c1ccc2c(c1)CCC(C)(C)O2. The predicted octanol–water partition coefficient (Wildman–Crippen LogP) is 2.81. The zero-order valence-corrected chi connectivity index (χ0v) is 9.71. The standard InChI is InChI=1S/C13H19NO/c1-9(14)10-4-5-12-11(8-10)6-7-13(2,3)15-12/h4-5,8-9H,6-7,14H2,1-3H3/t9-/m0/s1. The largest absolute Gasteiger partial charge is 0.488 e. The summed E-state index contributed by atoms with van der Waals surface area (Å²) in [4.78, 5) is 0. The van der Waals surface area contributed by atoms with Gasteiger partial charge in [-0.2, -0.15) is 0 Å². The predicted molar refractivity (Wildman–Crippen MR) is 62.1 cm³/mol. The molecular weight excluding hydrogens is 186 g/mol. The number of benzene rings is 1. The van der Waals surface area contributed by atoms with Crippen molar-refractivity contribution in [3.8, 4) is 5.75 Å². The summed E-state index contributed by atoms with van der Waals surface area (Å²) < 4.78 is 5.91. The monoisotopic (exact) mass is 205 g/mol. The van der Waals surface area contributed by atoms with Gasteiger partial charge in [-0.15, -0.1) is 0 Å². The molecule has 1 aliphatic heterocycles. The summed E-state index contributed by atoms with van der Waals surface area (Å²) in [7, 11) is 0. The highest BCUT2D eigenvalue weighted by atomic mass is 16.5. The van der Waals surface area contributed by atoms with Crippen molar-refractivity contribution in [3.05, 3.63) is 29.3 Å². The van der Waals surface area contributed by atoms with Crippen LogP contribution in [0.5, 0.6) is 5.75 Å². The zero-order valence-electron chi connectivity index (χ0n) is 9.71. The molecule has 0 saturated carbocycles. The molecule has 82 valence electrons. The summed E-state index contributed by atoms with van der Waals surface area (Å²) in [5, 5.41) is 0.